The third-order valence-electron chi connectivity index (χ3n) is 6.00. The molecule has 0 saturated carbocycles. The van der Waals surface area contributed by atoms with Gasteiger partial charge < -0.3 is 14.2 Å². The fraction of sp³-hybridized carbons (Fsp3) is 0.250. The lowest BCUT2D eigenvalue weighted by Crippen LogP contribution is -2.35. The molecule has 0 spiro atoms. The maximum absolute atomic E-state index is 12.7. The zero-order chi connectivity index (χ0) is 22.9. The van der Waals surface area contributed by atoms with E-state index in [1.54, 1.807) is 4.68 Å². The van der Waals surface area contributed by atoms with Gasteiger partial charge in [0.05, 0.1) is 18.9 Å². The Kier molecular flexibility index (Phi) is 5.61. The van der Waals surface area contributed by atoms with Crippen LogP contribution in [0, 0.1) is 0 Å². The van der Waals surface area contributed by atoms with Gasteiger partial charge in [0.15, 0.2) is 6.10 Å². The van der Waals surface area contributed by atoms with Crippen molar-refractivity contribution in [2.45, 2.75) is 34.4 Å². The summed E-state index contributed by atoms with van der Waals surface area (Å²) in [6.07, 6.45) is -1.76. The zero-order valence-corrected chi connectivity index (χ0v) is 18.8. The van der Waals surface area contributed by atoms with Crippen molar-refractivity contribution in [3.8, 4) is 0 Å². The van der Waals surface area contributed by atoms with Gasteiger partial charge in [0, 0.05) is 10.3 Å². The average Bonchev–Trinajstić information content (AvgIpc) is 3.58. The second kappa shape index (κ2) is 9.05. The summed E-state index contributed by atoms with van der Waals surface area (Å²) in [5.74, 6) is 0. The SMILES string of the molecule is O=C(Nc1cccc2ccccc12)OC1COC2C1OCC2n1nnnc1Sc1ccccc1. The lowest BCUT2D eigenvalue weighted by molar-refractivity contribution is 0.00752. The van der Waals surface area contributed by atoms with Crippen LogP contribution in [0.3, 0.4) is 0 Å². The van der Waals surface area contributed by atoms with Crippen LogP contribution in [0.1, 0.15) is 6.04 Å². The molecule has 172 valence electrons. The highest BCUT2D eigenvalue weighted by molar-refractivity contribution is 7.99. The molecule has 0 bridgehead atoms. The smallest absolute Gasteiger partial charge is 0.412 e. The van der Waals surface area contributed by atoms with Crippen LogP contribution >= 0.6 is 11.8 Å². The minimum atomic E-state index is -0.541. The van der Waals surface area contributed by atoms with Crippen LogP contribution in [0.2, 0.25) is 0 Å². The van der Waals surface area contributed by atoms with Gasteiger partial charge in [-0.25, -0.2) is 9.48 Å². The van der Waals surface area contributed by atoms with E-state index in [1.165, 1.54) is 11.8 Å². The molecule has 0 aliphatic carbocycles. The first kappa shape index (κ1) is 21.1. The summed E-state index contributed by atoms with van der Waals surface area (Å²) < 4.78 is 19.4. The Morgan fingerprint density at radius 3 is 2.68 bits per heavy atom. The van der Waals surface area contributed by atoms with E-state index < -0.39 is 12.2 Å². The molecule has 0 radical (unpaired) electrons. The first-order valence-corrected chi connectivity index (χ1v) is 11.8. The molecule has 3 aromatic carbocycles. The number of tetrazole rings is 1. The van der Waals surface area contributed by atoms with Gasteiger partial charge in [-0.2, -0.15) is 0 Å². The van der Waals surface area contributed by atoms with Gasteiger partial charge in [-0.15, -0.1) is 5.10 Å². The second-order valence-corrected chi connectivity index (χ2v) is 9.12. The van der Waals surface area contributed by atoms with E-state index in [9.17, 15) is 4.79 Å². The molecule has 4 unspecified atom stereocenters. The molecule has 6 rings (SSSR count). The standard InChI is InChI=1S/C24H21N5O4S/c30-24(25-18-12-6-8-15-7-4-5-11-17(15)18)33-20-14-32-21-19(13-31-22(20)21)29-23(26-27-28-29)34-16-9-2-1-3-10-16/h1-12,19-22H,13-14H2,(H,25,30). The van der Waals surface area contributed by atoms with Crippen LogP contribution in [0.5, 0.6) is 0 Å². The summed E-state index contributed by atoms with van der Waals surface area (Å²) >= 11 is 1.48. The highest BCUT2D eigenvalue weighted by atomic mass is 32.2. The number of amides is 1. The molecular formula is C24H21N5O4S. The maximum Gasteiger partial charge on any atom is 0.412 e. The molecule has 4 atom stereocenters. The summed E-state index contributed by atoms with van der Waals surface area (Å²) in [4.78, 5) is 13.7. The number of anilines is 1. The molecule has 2 fully saturated rings. The molecule has 1 aromatic heterocycles. The number of rotatable bonds is 5. The van der Waals surface area contributed by atoms with Crippen molar-refractivity contribution >= 4 is 34.3 Å². The largest absolute Gasteiger partial charge is 0.441 e. The first-order chi connectivity index (χ1) is 16.8. The van der Waals surface area contributed by atoms with Crippen molar-refractivity contribution in [2.75, 3.05) is 18.5 Å². The number of fused-ring (bicyclic) bond motifs is 2. The average molecular weight is 476 g/mol. The van der Waals surface area contributed by atoms with Crippen LogP contribution < -0.4 is 5.32 Å². The molecule has 2 aliphatic heterocycles. The van der Waals surface area contributed by atoms with Crippen LogP contribution in [0.15, 0.2) is 82.8 Å². The lowest BCUT2D eigenvalue weighted by atomic mass is 10.1. The minimum Gasteiger partial charge on any atom is -0.441 e. The van der Waals surface area contributed by atoms with Gasteiger partial charge in [0.25, 0.3) is 0 Å². The molecule has 34 heavy (non-hydrogen) atoms. The van der Waals surface area contributed by atoms with Gasteiger partial charge in [-0.3, -0.25) is 5.32 Å². The fourth-order valence-electron chi connectivity index (χ4n) is 4.42. The quantitative estimate of drug-likeness (QED) is 0.463. The molecule has 3 heterocycles. The maximum atomic E-state index is 12.7. The number of hydrogen-bond acceptors (Lipinski definition) is 8. The third-order valence-corrected chi connectivity index (χ3v) is 6.95. The minimum absolute atomic E-state index is 0.207. The molecule has 9 nitrogen and oxygen atoms in total. The normalized spacial score (nSPS) is 23.6. The van der Waals surface area contributed by atoms with Crippen LogP contribution in [-0.4, -0.2) is 57.8 Å². The molecule has 1 amide bonds. The van der Waals surface area contributed by atoms with Crippen LogP contribution in [0.25, 0.3) is 10.8 Å². The van der Waals surface area contributed by atoms with E-state index in [0.29, 0.717) is 17.5 Å². The summed E-state index contributed by atoms with van der Waals surface area (Å²) in [6, 6.07) is 23.3. The van der Waals surface area contributed by atoms with Gasteiger partial charge in [-0.05, 0) is 45.8 Å². The number of aromatic nitrogens is 4. The monoisotopic (exact) mass is 475 g/mol. The predicted molar refractivity (Wildman–Crippen MR) is 125 cm³/mol. The van der Waals surface area contributed by atoms with Crippen molar-refractivity contribution < 1.29 is 19.0 Å². The van der Waals surface area contributed by atoms with Gasteiger partial charge in [-0.1, -0.05) is 54.6 Å². The third kappa shape index (κ3) is 4.00. The number of carbonyl (C=O) groups excluding carboxylic acids is 1. The van der Waals surface area contributed by atoms with Gasteiger partial charge in [0.1, 0.15) is 18.2 Å². The molecule has 10 heteroatoms. The van der Waals surface area contributed by atoms with E-state index in [1.807, 2.05) is 72.8 Å². The van der Waals surface area contributed by atoms with E-state index in [2.05, 4.69) is 20.8 Å². The Bertz CT molecular complexity index is 1310. The highest BCUT2D eigenvalue weighted by Gasteiger charge is 2.51. The molecule has 4 aromatic rings. The highest BCUT2D eigenvalue weighted by Crippen LogP contribution is 2.37. The van der Waals surface area contributed by atoms with Crippen molar-refractivity contribution in [3.05, 3.63) is 72.8 Å². The summed E-state index contributed by atoms with van der Waals surface area (Å²) in [7, 11) is 0. The molecule has 1 N–H and O–H groups in total. The fourth-order valence-corrected chi connectivity index (χ4v) is 5.27. The van der Waals surface area contributed by atoms with Crippen LogP contribution in [-0.2, 0) is 14.2 Å². The first-order valence-electron chi connectivity index (χ1n) is 11.0. The Morgan fingerprint density at radius 1 is 0.971 bits per heavy atom. The van der Waals surface area contributed by atoms with Gasteiger partial charge >= 0.3 is 6.09 Å². The van der Waals surface area contributed by atoms with E-state index in [0.717, 1.165) is 15.7 Å². The number of benzene rings is 3. The number of nitrogens with zero attached hydrogens (tertiary/aromatic N) is 4. The summed E-state index contributed by atoms with van der Waals surface area (Å²) in [5, 5.41) is 17.7. The molecule has 2 aliphatic rings. The number of carbonyl (C=O) groups is 1. The topological polar surface area (TPSA) is 100 Å². The van der Waals surface area contributed by atoms with Gasteiger partial charge in [0.2, 0.25) is 5.16 Å². The number of ether oxygens (including phenoxy) is 3. The van der Waals surface area contributed by atoms with Crippen molar-refractivity contribution in [1.29, 1.82) is 0 Å². The summed E-state index contributed by atoms with van der Waals surface area (Å²) in [6.45, 7) is 0.617. The lowest BCUT2D eigenvalue weighted by Gasteiger charge is -2.18. The number of nitrogens with one attached hydrogen (secondary N) is 1. The Balaban J connectivity index is 1.13. The Hall–Kier alpha value is -3.47. The summed E-state index contributed by atoms with van der Waals surface area (Å²) in [5.41, 5.74) is 0.694. The van der Waals surface area contributed by atoms with E-state index >= 15 is 0 Å². The van der Waals surface area contributed by atoms with Crippen molar-refractivity contribution in [1.82, 2.24) is 20.2 Å². The predicted octanol–water partition coefficient (Wildman–Crippen LogP) is 3.93. The van der Waals surface area contributed by atoms with Crippen molar-refractivity contribution in [3.63, 3.8) is 0 Å². The Labute approximate surface area is 199 Å². The van der Waals surface area contributed by atoms with Crippen LogP contribution in [0.4, 0.5) is 10.5 Å². The van der Waals surface area contributed by atoms with E-state index in [4.69, 9.17) is 14.2 Å². The molecular weight excluding hydrogens is 454 g/mol. The Morgan fingerprint density at radius 2 is 1.76 bits per heavy atom. The van der Waals surface area contributed by atoms with E-state index in [-0.39, 0.29) is 24.9 Å². The zero-order valence-electron chi connectivity index (χ0n) is 18.0. The number of hydrogen-bond donors (Lipinski definition) is 1. The van der Waals surface area contributed by atoms with Crippen molar-refractivity contribution in [2.24, 2.45) is 0 Å². The molecule has 2 saturated heterocycles. The second-order valence-electron chi connectivity index (χ2n) is 8.08.